The highest BCUT2D eigenvalue weighted by atomic mass is 79.9. The minimum absolute atomic E-state index is 0.657. The van der Waals surface area contributed by atoms with E-state index in [2.05, 4.69) is 28.1 Å². The largest absolute Gasteiger partial charge is 0.493 e. The van der Waals surface area contributed by atoms with Crippen LogP contribution >= 0.6 is 27.5 Å². The van der Waals surface area contributed by atoms with Crippen LogP contribution in [0.15, 0.2) is 48.5 Å². The third-order valence-electron chi connectivity index (χ3n) is 2.70. The Bertz CT molecular complexity index is 499. The van der Waals surface area contributed by atoms with E-state index < -0.39 is 0 Å². The number of hydrogen-bond acceptors (Lipinski definition) is 1. The Morgan fingerprint density at radius 3 is 2.50 bits per heavy atom. The second-order valence-corrected chi connectivity index (χ2v) is 4.90. The molecule has 3 heteroatoms. The van der Waals surface area contributed by atoms with Gasteiger partial charge in [0.2, 0.25) is 0 Å². The summed E-state index contributed by atoms with van der Waals surface area (Å²) in [5.74, 6) is 0.857. The van der Waals surface area contributed by atoms with Crippen LogP contribution in [0.2, 0.25) is 5.02 Å². The minimum atomic E-state index is 0.657. The SMILES string of the molecule is Clc1cccc(OCCc2ccccc2)c1CBr. The zero-order chi connectivity index (χ0) is 12.8. The lowest BCUT2D eigenvalue weighted by molar-refractivity contribution is 0.319. The molecule has 2 aromatic rings. The molecule has 0 N–H and O–H groups in total. The number of hydrogen-bond donors (Lipinski definition) is 0. The number of halogens is 2. The van der Waals surface area contributed by atoms with E-state index in [4.69, 9.17) is 16.3 Å². The quantitative estimate of drug-likeness (QED) is 0.714. The number of ether oxygens (including phenoxy) is 1. The maximum absolute atomic E-state index is 6.12. The molecule has 0 spiro atoms. The summed E-state index contributed by atoms with van der Waals surface area (Å²) in [5.41, 5.74) is 2.28. The van der Waals surface area contributed by atoms with Gasteiger partial charge in [-0.2, -0.15) is 0 Å². The van der Waals surface area contributed by atoms with Gasteiger partial charge in [0.1, 0.15) is 5.75 Å². The Morgan fingerprint density at radius 2 is 1.78 bits per heavy atom. The first-order chi connectivity index (χ1) is 8.81. The summed E-state index contributed by atoms with van der Waals surface area (Å²) >= 11 is 9.55. The first kappa shape index (κ1) is 13.4. The Morgan fingerprint density at radius 1 is 1.00 bits per heavy atom. The third-order valence-corrected chi connectivity index (χ3v) is 3.62. The lowest BCUT2D eigenvalue weighted by Gasteiger charge is -2.11. The van der Waals surface area contributed by atoms with Gasteiger partial charge in [0.05, 0.1) is 6.61 Å². The van der Waals surface area contributed by atoms with Crippen molar-refractivity contribution in [3.05, 3.63) is 64.7 Å². The zero-order valence-corrected chi connectivity index (χ0v) is 12.2. The van der Waals surface area contributed by atoms with Gasteiger partial charge in [-0.1, -0.05) is 63.9 Å². The molecular weight excluding hydrogens is 312 g/mol. The number of rotatable bonds is 5. The van der Waals surface area contributed by atoms with E-state index in [0.29, 0.717) is 11.9 Å². The molecule has 0 aromatic heterocycles. The first-order valence-electron chi connectivity index (χ1n) is 5.81. The maximum Gasteiger partial charge on any atom is 0.124 e. The predicted molar refractivity (Wildman–Crippen MR) is 79.7 cm³/mol. The van der Waals surface area contributed by atoms with Crippen molar-refractivity contribution in [2.24, 2.45) is 0 Å². The van der Waals surface area contributed by atoms with Crippen LogP contribution in [-0.4, -0.2) is 6.61 Å². The lowest BCUT2D eigenvalue weighted by Crippen LogP contribution is -2.03. The van der Waals surface area contributed by atoms with Gasteiger partial charge in [-0.25, -0.2) is 0 Å². The van der Waals surface area contributed by atoms with Crippen molar-refractivity contribution in [3.63, 3.8) is 0 Å². The van der Waals surface area contributed by atoms with E-state index >= 15 is 0 Å². The highest BCUT2D eigenvalue weighted by Crippen LogP contribution is 2.28. The Hall–Kier alpha value is -0.990. The van der Waals surface area contributed by atoms with Crippen LogP contribution < -0.4 is 4.74 Å². The molecular formula is C15H14BrClO. The number of benzene rings is 2. The second kappa shape index (κ2) is 6.81. The van der Waals surface area contributed by atoms with Crippen molar-refractivity contribution < 1.29 is 4.74 Å². The molecule has 0 saturated heterocycles. The van der Waals surface area contributed by atoms with Crippen LogP contribution in [0.1, 0.15) is 11.1 Å². The van der Waals surface area contributed by atoms with Crippen LogP contribution in [0, 0.1) is 0 Å². The Balaban J connectivity index is 1.96. The monoisotopic (exact) mass is 324 g/mol. The van der Waals surface area contributed by atoms with E-state index in [1.54, 1.807) is 0 Å². The molecule has 2 aromatic carbocycles. The highest BCUT2D eigenvalue weighted by molar-refractivity contribution is 9.08. The predicted octanol–water partition coefficient (Wildman–Crippen LogP) is 4.86. The summed E-state index contributed by atoms with van der Waals surface area (Å²) in [5, 5.41) is 1.44. The fraction of sp³-hybridized carbons (Fsp3) is 0.200. The van der Waals surface area contributed by atoms with Gasteiger partial charge in [-0.15, -0.1) is 0 Å². The summed E-state index contributed by atoms with van der Waals surface area (Å²) in [7, 11) is 0. The fourth-order valence-electron chi connectivity index (χ4n) is 1.73. The topological polar surface area (TPSA) is 9.23 Å². The molecule has 0 fully saturated rings. The molecule has 0 aliphatic heterocycles. The summed E-state index contributed by atoms with van der Waals surface area (Å²) in [6.45, 7) is 0.657. The van der Waals surface area contributed by atoms with E-state index in [1.807, 2.05) is 36.4 Å². The van der Waals surface area contributed by atoms with E-state index in [0.717, 1.165) is 22.8 Å². The van der Waals surface area contributed by atoms with Crippen molar-refractivity contribution in [1.82, 2.24) is 0 Å². The van der Waals surface area contributed by atoms with Gasteiger partial charge >= 0.3 is 0 Å². The molecule has 0 heterocycles. The summed E-state index contributed by atoms with van der Waals surface area (Å²) < 4.78 is 5.80. The zero-order valence-electron chi connectivity index (χ0n) is 9.90. The smallest absolute Gasteiger partial charge is 0.124 e. The van der Waals surface area contributed by atoms with Crippen molar-refractivity contribution in [2.75, 3.05) is 6.61 Å². The van der Waals surface area contributed by atoms with E-state index in [-0.39, 0.29) is 0 Å². The molecule has 0 radical (unpaired) electrons. The minimum Gasteiger partial charge on any atom is -0.493 e. The molecule has 0 bridgehead atoms. The molecule has 2 rings (SSSR count). The fourth-order valence-corrected chi connectivity index (χ4v) is 2.70. The maximum atomic E-state index is 6.12. The van der Waals surface area contributed by atoms with Crippen LogP contribution in [-0.2, 0) is 11.8 Å². The average molecular weight is 326 g/mol. The molecule has 1 nitrogen and oxygen atoms in total. The van der Waals surface area contributed by atoms with E-state index in [1.165, 1.54) is 5.56 Å². The molecule has 0 saturated carbocycles. The average Bonchev–Trinajstić information content (AvgIpc) is 2.40. The van der Waals surface area contributed by atoms with Gasteiger partial charge in [0.25, 0.3) is 0 Å². The molecule has 0 atom stereocenters. The second-order valence-electron chi connectivity index (χ2n) is 3.93. The standard InChI is InChI=1S/C15H14BrClO/c16-11-13-14(17)7-4-8-15(13)18-10-9-12-5-2-1-3-6-12/h1-8H,9-11H2. The van der Waals surface area contributed by atoms with Gasteiger partial charge in [0, 0.05) is 22.3 Å². The van der Waals surface area contributed by atoms with Crippen molar-refractivity contribution in [1.29, 1.82) is 0 Å². The first-order valence-corrected chi connectivity index (χ1v) is 7.31. The van der Waals surface area contributed by atoms with Crippen LogP contribution in [0.4, 0.5) is 0 Å². The molecule has 94 valence electrons. The van der Waals surface area contributed by atoms with Crippen molar-refractivity contribution in [3.8, 4) is 5.75 Å². The van der Waals surface area contributed by atoms with Crippen LogP contribution in [0.25, 0.3) is 0 Å². The van der Waals surface area contributed by atoms with Crippen molar-refractivity contribution >= 4 is 27.5 Å². The third kappa shape index (κ3) is 3.50. The molecule has 0 aliphatic rings. The summed E-state index contributed by atoms with van der Waals surface area (Å²) in [6, 6.07) is 16.0. The van der Waals surface area contributed by atoms with E-state index in [9.17, 15) is 0 Å². The van der Waals surface area contributed by atoms with Crippen LogP contribution in [0.3, 0.4) is 0 Å². The molecule has 0 amide bonds. The normalized spacial score (nSPS) is 10.3. The summed E-state index contributed by atoms with van der Waals surface area (Å²) in [4.78, 5) is 0. The Kier molecular flexibility index (Phi) is 5.09. The van der Waals surface area contributed by atoms with Crippen LogP contribution in [0.5, 0.6) is 5.75 Å². The van der Waals surface area contributed by atoms with Gasteiger partial charge in [0.15, 0.2) is 0 Å². The summed E-state index contributed by atoms with van der Waals surface area (Å²) in [6.07, 6.45) is 0.898. The number of alkyl halides is 1. The van der Waals surface area contributed by atoms with Gasteiger partial charge in [-0.05, 0) is 17.7 Å². The Labute approximate surface area is 121 Å². The molecule has 0 aliphatic carbocycles. The molecule has 18 heavy (non-hydrogen) atoms. The molecule has 0 unspecified atom stereocenters. The van der Waals surface area contributed by atoms with Gasteiger partial charge < -0.3 is 4.74 Å². The van der Waals surface area contributed by atoms with Crippen molar-refractivity contribution in [2.45, 2.75) is 11.8 Å². The van der Waals surface area contributed by atoms with Gasteiger partial charge in [-0.3, -0.25) is 0 Å². The highest BCUT2D eigenvalue weighted by Gasteiger charge is 2.06. The lowest BCUT2D eigenvalue weighted by atomic mass is 10.2.